The summed E-state index contributed by atoms with van der Waals surface area (Å²) in [4.78, 5) is 36.5. The van der Waals surface area contributed by atoms with E-state index in [1.165, 1.54) is 0 Å². The van der Waals surface area contributed by atoms with E-state index in [1.54, 1.807) is 0 Å². The van der Waals surface area contributed by atoms with Crippen molar-refractivity contribution in [2.75, 3.05) is 6.54 Å². The van der Waals surface area contributed by atoms with Crippen LogP contribution >= 0.6 is 0 Å². The van der Waals surface area contributed by atoms with Crippen molar-refractivity contribution in [3.05, 3.63) is 46.8 Å². The summed E-state index contributed by atoms with van der Waals surface area (Å²) in [6, 6.07) is -2.18. The molecule has 0 aliphatic carbocycles. The van der Waals surface area contributed by atoms with Gasteiger partial charge in [0.25, 0.3) is 0 Å². The molecule has 2 atom stereocenters. The molecule has 1 aromatic heterocycles. The number of carbonyl (C=O) groups is 3. The fraction of sp³-hybridized carbons (Fsp3) is 0.450. The van der Waals surface area contributed by atoms with Gasteiger partial charge in [-0.25, -0.2) is 13.2 Å². The molecule has 1 amide bonds. The van der Waals surface area contributed by atoms with E-state index >= 15 is 0 Å². The number of fused-ring (bicyclic) bond motifs is 1. The third kappa shape index (κ3) is 6.30. The fourth-order valence-electron chi connectivity index (χ4n) is 3.77. The third-order valence-corrected chi connectivity index (χ3v) is 5.45. The summed E-state index contributed by atoms with van der Waals surface area (Å²) in [5.41, 5.74) is -0.410. The van der Waals surface area contributed by atoms with Gasteiger partial charge < -0.3 is 25.0 Å². The van der Waals surface area contributed by atoms with Gasteiger partial charge in [0.05, 0.1) is 13.0 Å². The molecule has 1 unspecified atom stereocenters. The van der Waals surface area contributed by atoms with E-state index in [0.29, 0.717) is 6.07 Å². The minimum Gasteiger partial charge on any atom is -0.481 e. The lowest BCUT2D eigenvalue weighted by atomic mass is 10.00. The Kier molecular flexibility index (Phi) is 7.86. The highest BCUT2D eigenvalue weighted by molar-refractivity contribution is 5.81. The Morgan fingerprint density at radius 1 is 1.00 bits per heavy atom. The zero-order valence-electron chi connectivity index (χ0n) is 18.2. The highest BCUT2D eigenvalue weighted by Gasteiger charge is 2.40. The maximum Gasteiger partial charge on any atom is 0.451 e. The first-order valence-electron chi connectivity index (χ1n) is 10.4. The number of nitrogens with one attached hydrogen (secondary N) is 1. The predicted molar refractivity (Wildman–Crippen MR) is 106 cm³/mol. The first-order valence-corrected chi connectivity index (χ1v) is 10.4. The first kappa shape index (κ1) is 26.9. The van der Waals surface area contributed by atoms with Crippen molar-refractivity contribution in [3.63, 3.8) is 0 Å². The van der Waals surface area contributed by atoms with Crippen LogP contribution in [0.4, 0.5) is 26.3 Å². The Labute approximate surface area is 198 Å². The van der Waals surface area contributed by atoms with Gasteiger partial charge in [0.1, 0.15) is 11.9 Å². The molecule has 16 heteroatoms. The Hall–Kier alpha value is -3.69. The van der Waals surface area contributed by atoms with Crippen LogP contribution < -0.4 is 5.32 Å². The Morgan fingerprint density at radius 2 is 1.67 bits per heavy atom. The summed E-state index contributed by atoms with van der Waals surface area (Å²) in [5.74, 6) is -9.21. The van der Waals surface area contributed by atoms with Crippen molar-refractivity contribution in [2.45, 2.75) is 50.6 Å². The molecule has 1 aromatic carbocycles. The van der Waals surface area contributed by atoms with E-state index in [2.05, 4.69) is 15.5 Å². The molecule has 2 aromatic rings. The van der Waals surface area contributed by atoms with Crippen LogP contribution in [0.2, 0.25) is 0 Å². The molecule has 0 saturated carbocycles. The highest BCUT2D eigenvalue weighted by atomic mass is 19.4. The maximum atomic E-state index is 14.2. The number of aliphatic carboxylic acids is 2. The van der Waals surface area contributed by atoms with Gasteiger partial charge in [0.2, 0.25) is 11.7 Å². The normalized spacial score (nSPS) is 15.3. The molecule has 3 N–H and O–H groups in total. The molecule has 0 radical (unpaired) electrons. The van der Waals surface area contributed by atoms with Crippen molar-refractivity contribution in [1.29, 1.82) is 0 Å². The summed E-state index contributed by atoms with van der Waals surface area (Å²) in [7, 11) is 0. The lowest BCUT2D eigenvalue weighted by molar-refractivity contribution is -0.148. The van der Waals surface area contributed by atoms with Gasteiger partial charge in [-0.3, -0.25) is 14.4 Å². The number of benzene rings is 1. The van der Waals surface area contributed by atoms with Crippen molar-refractivity contribution >= 4 is 17.8 Å². The number of carbonyl (C=O) groups excluding carboxylic acids is 1. The maximum absolute atomic E-state index is 14.2. The topological polar surface area (TPSA) is 138 Å². The van der Waals surface area contributed by atoms with Crippen LogP contribution in [0.15, 0.2) is 12.1 Å². The number of nitrogens with zero attached hydrogens (tertiary/aromatic N) is 4. The van der Waals surface area contributed by atoms with E-state index in [0.717, 1.165) is 9.47 Å². The van der Waals surface area contributed by atoms with Gasteiger partial charge in [-0.2, -0.15) is 13.2 Å². The van der Waals surface area contributed by atoms with Crippen LogP contribution in [0.5, 0.6) is 0 Å². The summed E-state index contributed by atoms with van der Waals surface area (Å²) in [6.07, 6.45) is -6.76. The molecule has 2 heterocycles. The average Bonchev–Trinajstić information content (AvgIpc) is 3.20. The second-order valence-corrected chi connectivity index (χ2v) is 8.02. The van der Waals surface area contributed by atoms with Crippen LogP contribution in [-0.4, -0.2) is 66.4 Å². The molecule has 3 rings (SSSR count). The average molecular weight is 523 g/mol. The number of aromatic nitrogens is 3. The zero-order valence-corrected chi connectivity index (χ0v) is 18.2. The van der Waals surface area contributed by atoms with E-state index in [-0.39, 0.29) is 31.5 Å². The fourth-order valence-corrected chi connectivity index (χ4v) is 3.77. The number of rotatable bonds is 9. The number of hydrogen-bond acceptors (Lipinski definition) is 6. The quantitative estimate of drug-likeness (QED) is 0.333. The second-order valence-electron chi connectivity index (χ2n) is 8.02. The molecule has 0 saturated heterocycles. The smallest absolute Gasteiger partial charge is 0.451 e. The van der Waals surface area contributed by atoms with Crippen LogP contribution in [0, 0.1) is 17.5 Å². The minimum absolute atomic E-state index is 0.146. The SMILES string of the molecule is O=C(O)CC(N[C@@H](CC(=O)N1CCn2c(nnc2C(F)(F)F)C1)Cc1cc(F)c(F)cc1F)C(=O)O. The standard InChI is InChI=1S/C20H19F6N5O5/c21-11-6-13(23)12(22)4-9(11)3-10(27-14(18(35)36)7-17(33)34)5-16(32)30-1-2-31-15(8-30)28-29-19(31)20(24,25)26/h4,6,10,14,27H,1-3,5,7-8H2,(H,33,34)(H,35,36)/t10-,14?/m1/s1. The van der Waals surface area contributed by atoms with Crippen LogP contribution in [0.1, 0.15) is 30.1 Å². The number of amides is 1. The predicted octanol–water partition coefficient (Wildman–Crippen LogP) is 1.58. The van der Waals surface area contributed by atoms with Crippen LogP contribution in [-0.2, 0) is 40.1 Å². The van der Waals surface area contributed by atoms with Gasteiger partial charge in [-0.15, -0.1) is 10.2 Å². The molecule has 36 heavy (non-hydrogen) atoms. The van der Waals surface area contributed by atoms with Gasteiger partial charge in [0.15, 0.2) is 17.5 Å². The molecular formula is C20H19F6N5O5. The number of hydrogen-bond donors (Lipinski definition) is 3. The monoisotopic (exact) mass is 523 g/mol. The summed E-state index contributed by atoms with van der Waals surface area (Å²) in [5, 5.41) is 27.2. The molecule has 1 aliphatic heterocycles. The summed E-state index contributed by atoms with van der Waals surface area (Å²) >= 11 is 0. The van der Waals surface area contributed by atoms with E-state index < -0.39 is 84.2 Å². The molecule has 10 nitrogen and oxygen atoms in total. The first-order chi connectivity index (χ1) is 16.8. The van der Waals surface area contributed by atoms with Crippen molar-refractivity contribution in [1.82, 2.24) is 25.0 Å². The van der Waals surface area contributed by atoms with Gasteiger partial charge >= 0.3 is 18.1 Å². The van der Waals surface area contributed by atoms with Gasteiger partial charge in [-0.05, 0) is 18.1 Å². The summed E-state index contributed by atoms with van der Waals surface area (Å²) < 4.78 is 81.0. The van der Waals surface area contributed by atoms with Crippen LogP contribution in [0.25, 0.3) is 0 Å². The number of carboxylic acid groups (broad SMARTS) is 2. The van der Waals surface area contributed by atoms with Gasteiger partial charge in [-0.1, -0.05) is 0 Å². The highest BCUT2D eigenvalue weighted by Crippen LogP contribution is 2.29. The molecule has 196 valence electrons. The molecule has 0 bridgehead atoms. The van der Waals surface area contributed by atoms with Crippen molar-refractivity contribution < 1.29 is 50.9 Å². The van der Waals surface area contributed by atoms with E-state index in [1.807, 2.05) is 0 Å². The molecule has 0 fully saturated rings. The summed E-state index contributed by atoms with van der Waals surface area (Å²) in [6.45, 7) is -0.821. The lowest BCUT2D eigenvalue weighted by Gasteiger charge is -2.30. The third-order valence-electron chi connectivity index (χ3n) is 5.45. The lowest BCUT2D eigenvalue weighted by Crippen LogP contribution is -2.48. The zero-order chi connectivity index (χ0) is 26.8. The van der Waals surface area contributed by atoms with Gasteiger partial charge in [0, 0.05) is 31.6 Å². The van der Waals surface area contributed by atoms with Crippen molar-refractivity contribution in [3.8, 4) is 0 Å². The second kappa shape index (κ2) is 10.5. The van der Waals surface area contributed by atoms with E-state index in [4.69, 9.17) is 5.11 Å². The Morgan fingerprint density at radius 3 is 2.28 bits per heavy atom. The van der Waals surface area contributed by atoms with E-state index in [9.17, 15) is 45.8 Å². The Bertz CT molecular complexity index is 1170. The number of carboxylic acids is 2. The number of halogens is 6. The molecular weight excluding hydrogens is 504 g/mol. The molecule has 1 aliphatic rings. The Balaban J connectivity index is 1.81. The van der Waals surface area contributed by atoms with Crippen molar-refractivity contribution in [2.24, 2.45) is 0 Å². The number of alkyl halides is 3. The minimum atomic E-state index is -4.75. The van der Waals surface area contributed by atoms with Crippen LogP contribution in [0.3, 0.4) is 0 Å². The largest absolute Gasteiger partial charge is 0.481 e. The molecule has 0 spiro atoms.